The van der Waals surface area contributed by atoms with Gasteiger partial charge < -0.3 is 20.6 Å². The van der Waals surface area contributed by atoms with Crippen molar-refractivity contribution in [3.63, 3.8) is 0 Å². The summed E-state index contributed by atoms with van der Waals surface area (Å²) in [6.07, 6.45) is 0.206. The van der Waals surface area contributed by atoms with Crippen LogP contribution in [0.2, 0.25) is 0 Å². The molecule has 0 radical (unpaired) electrons. The number of benzene rings is 2. The fourth-order valence-electron chi connectivity index (χ4n) is 2.18. The van der Waals surface area contributed by atoms with Crippen molar-refractivity contribution < 1.29 is 15.3 Å². The maximum atomic E-state index is 10.2. The Balaban J connectivity index is 1.82. The summed E-state index contributed by atoms with van der Waals surface area (Å²) in [5.74, 6) is 0.460. The van der Waals surface area contributed by atoms with Crippen LogP contribution in [0.4, 0.5) is 0 Å². The minimum atomic E-state index is -0.620. The van der Waals surface area contributed by atoms with E-state index in [0.717, 1.165) is 24.1 Å². The minimum absolute atomic E-state index is 0.0911. The molecule has 112 valence electrons. The van der Waals surface area contributed by atoms with Crippen LogP contribution in [-0.4, -0.2) is 27.9 Å². The van der Waals surface area contributed by atoms with E-state index in [-0.39, 0.29) is 17.5 Å². The van der Waals surface area contributed by atoms with Crippen molar-refractivity contribution >= 4 is 0 Å². The van der Waals surface area contributed by atoms with E-state index in [9.17, 15) is 15.3 Å². The lowest BCUT2D eigenvalue weighted by Crippen LogP contribution is -2.33. The highest BCUT2D eigenvalue weighted by molar-refractivity contribution is 5.28. The molecule has 0 spiro atoms. The molecule has 2 aromatic carbocycles. The summed E-state index contributed by atoms with van der Waals surface area (Å²) in [4.78, 5) is 0. The molecule has 0 saturated carbocycles. The zero-order chi connectivity index (χ0) is 15.2. The van der Waals surface area contributed by atoms with E-state index in [0.29, 0.717) is 0 Å². The third-order valence-corrected chi connectivity index (χ3v) is 3.52. The summed E-state index contributed by atoms with van der Waals surface area (Å²) >= 11 is 0. The molecule has 0 aliphatic carbocycles. The summed E-state index contributed by atoms with van der Waals surface area (Å²) in [6.45, 7) is 2.66. The highest BCUT2D eigenvalue weighted by Gasteiger charge is 2.15. The van der Waals surface area contributed by atoms with Crippen molar-refractivity contribution in [3.05, 3.63) is 59.7 Å². The molecule has 0 bridgehead atoms. The van der Waals surface area contributed by atoms with Crippen LogP contribution in [0, 0.1) is 0 Å². The normalized spacial score (nSPS) is 13.8. The Morgan fingerprint density at radius 2 is 1.43 bits per heavy atom. The van der Waals surface area contributed by atoms with E-state index in [1.54, 1.807) is 36.4 Å². The van der Waals surface area contributed by atoms with Crippen LogP contribution in [0.25, 0.3) is 0 Å². The first-order chi connectivity index (χ1) is 10.1. The first kappa shape index (κ1) is 15.4. The van der Waals surface area contributed by atoms with Gasteiger partial charge in [0, 0.05) is 6.04 Å². The number of rotatable bonds is 6. The molecule has 0 aliphatic heterocycles. The van der Waals surface area contributed by atoms with Crippen LogP contribution in [0.5, 0.6) is 11.5 Å². The minimum Gasteiger partial charge on any atom is -0.508 e. The largest absolute Gasteiger partial charge is 0.508 e. The molecule has 0 heterocycles. The molecule has 0 fully saturated rings. The monoisotopic (exact) mass is 287 g/mol. The average molecular weight is 287 g/mol. The third kappa shape index (κ3) is 4.48. The van der Waals surface area contributed by atoms with E-state index >= 15 is 0 Å². The van der Waals surface area contributed by atoms with E-state index in [1.165, 1.54) is 0 Å². The van der Waals surface area contributed by atoms with Crippen LogP contribution in [-0.2, 0) is 6.42 Å². The fourth-order valence-corrected chi connectivity index (χ4v) is 2.18. The first-order valence-electron chi connectivity index (χ1n) is 7.04. The quantitative estimate of drug-likeness (QED) is 0.658. The molecule has 4 heteroatoms. The Hall–Kier alpha value is -2.04. The van der Waals surface area contributed by atoms with Crippen LogP contribution >= 0.6 is 0 Å². The smallest absolute Gasteiger partial charge is 0.115 e. The average Bonchev–Trinajstić information content (AvgIpc) is 2.49. The molecular weight excluding hydrogens is 266 g/mol. The molecule has 0 aliphatic rings. The second kappa shape index (κ2) is 7.11. The summed E-state index contributed by atoms with van der Waals surface area (Å²) in [6, 6.07) is 13.6. The van der Waals surface area contributed by atoms with Crippen molar-refractivity contribution in [1.29, 1.82) is 0 Å². The number of hydrogen-bond acceptors (Lipinski definition) is 4. The number of phenols is 2. The number of aliphatic hydroxyl groups excluding tert-OH is 1. The van der Waals surface area contributed by atoms with Crippen LogP contribution < -0.4 is 5.32 Å². The topological polar surface area (TPSA) is 72.7 Å². The maximum absolute atomic E-state index is 10.2. The van der Waals surface area contributed by atoms with Gasteiger partial charge in [-0.3, -0.25) is 0 Å². The van der Waals surface area contributed by atoms with Gasteiger partial charge in [-0.25, -0.2) is 0 Å². The van der Waals surface area contributed by atoms with E-state index in [4.69, 9.17) is 0 Å². The Kier molecular flexibility index (Phi) is 5.20. The molecule has 2 rings (SSSR count). The lowest BCUT2D eigenvalue weighted by molar-refractivity contribution is 0.136. The lowest BCUT2D eigenvalue weighted by atomic mass is 10.0. The van der Waals surface area contributed by atoms with Gasteiger partial charge in [-0.2, -0.15) is 0 Å². The number of aromatic hydroxyl groups is 2. The molecule has 2 atom stereocenters. The number of hydrogen-bond donors (Lipinski definition) is 4. The van der Waals surface area contributed by atoms with Gasteiger partial charge in [0.1, 0.15) is 11.5 Å². The number of nitrogens with one attached hydrogen (secondary N) is 1. The number of aliphatic hydroxyl groups is 1. The van der Waals surface area contributed by atoms with Gasteiger partial charge in [-0.1, -0.05) is 24.3 Å². The lowest BCUT2D eigenvalue weighted by Gasteiger charge is -2.20. The molecule has 0 amide bonds. The Bertz CT molecular complexity index is 551. The second-order valence-electron chi connectivity index (χ2n) is 5.20. The predicted octanol–water partition coefficient (Wildman–Crippen LogP) is 2.35. The van der Waals surface area contributed by atoms with Crippen molar-refractivity contribution in [2.45, 2.75) is 25.5 Å². The molecule has 4 N–H and O–H groups in total. The standard InChI is InChI=1S/C17H21NO3/c1-12(17(21)14-4-8-16(20)9-5-14)18-11-10-13-2-6-15(19)7-3-13/h2-9,12,17-21H,10-11H2,1H3/t12-,17?/m1/s1. The molecule has 0 aromatic heterocycles. The van der Waals surface area contributed by atoms with Gasteiger partial charge in [0.15, 0.2) is 0 Å². The van der Waals surface area contributed by atoms with Crippen LogP contribution in [0.15, 0.2) is 48.5 Å². The highest BCUT2D eigenvalue weighted by atomic mass is 16.3. The van der Waals surface area contributed by atoms with Gasteiger partial charge in [-0.05, 0) is 55.3 Å². The molecule has 0 saturated heterocycles. The molecule has 2 aromatic rings. The maximum Gasteiger partial charge on any atom is 0.115 e. The molecule has 21 heavy (non-hydrogen) atoms. The van der Waals surface area contributed by atoms with Gasteiger partial charge >= 0.3 is 0 Å². The van der Waals surface area contributed by atoms with Crippen molar-refractivity contribution in [1.82, 2.24) is 5.32 Å². The van der Waals surface area contributed by atoms with E-state index in [1.807, 2.05) is 19.1 Å². The van der Waals surface area contributed by atoms with Gasteiger partial charge in [-0.15, -0.1) is 0 Å². The van der Waals surface area contributed by atoms with Crippen LogP contribution in [0.1, 0.15) is 24.2 Å². The third-order valence-electron chi connectivity index (χ3n) is 3.52. The Labute approximate surface area is 124 Å². The SMILES string of the molecule is C[C@@H](NCCc1ccc(O)cc1)C(O)c1ccc(O)cc1. The highest BCUT2D eigenvalue weighted by Crippen LogP contribution is 2.19. The Morgan fingerprint density at radius 1 is 0.905 bits per heavy atom. The van der Waals surface area contributed by atoms with Gasteiger partial charge in [0.05, 0.1) is 6.10 Å². The van der Waals surface area contributed by atoms with Crippen molar-refractivity contribution in [2.75, 3.05) is 6.54 Å². The van der Waals surface area contributed by atoms with E-state index in [2.05, 4.69) is 5.32 Å². The zero-order valence-corrected chi connectivity index (χ0v) is 12.0. The second-order valence-corrected chi connectivity index (χ2v) is 5.20. The van der Waals surface area contributed by atoms with Gasteiger partial charge in [0.25, 0.3) is 0 Å². The molecule has 4 nitrogen and oxygen atoms in total. The van der Waals surface area contributed by atoms with Crippen molar-refractivity contribution in [3.8, 4) is 11.5 Å². The molecule has 1 unspecified atom stereocenters. The summed E-state index contributed by atoms with van der Waals surface area (Å²) in [5.41, 5.74) is 1.91. The Morgan fingerprint density at radius 3 is 2.00 bits per heavy atom. The predicted molar refractivity (Wildman–Crippen MR) is 82.3 cm³/mol. The zero-order valence-electron chi connectivity index (χ0n) is 12.0. The number of phenolic OH excluding ortho intramolecular Hbond substituents is 2. The van der Waals surface area contributed by atoms with Crippen molar-refractivity contribution in [2.24, 2.45) is 0 Å². The summed E-state index contributed by atoms with van der Waals surface area (Å²) in [7, 11) is 0. The van der Waals surface area contributed by atoms with Crippen LogP contribution in [0.3, 0.4) is 0 Å². The van der Waals surface area contributed by atoms with E-state index < -0.39 is 6.10 Å². The molecular formula is C17H21NO3. The first-order valence-corrected chi connectivity index (χ1v) is 7.04. The van der Waals surface area contributed by atoms with Gasteiger partial charge in [0.2, 0.25) is 0 Å². The fraction of sp³-hybridized carbons (Fsp3) is 0.294. The summed E-state index contributed by atoms with van der Waals surface area (Å²) < 4.78 is 0. The summed E-state index contributed by atoms with van der Waals surface area (Å²) in [5, 5.41) is 32.0.